The molecule has 0 radical (unpaired) electrons. The number of nitrogen functional groups attached to an aromatic ring is 1. The molecule has 0 atom stereocenters. The van der Waals surface area contributed by atoms with Crippen molar-refractivity contribution in [2.75, 3.05) is 11.1 Å². The van der Waals surface area contributed by atoms with Crippen LogP contribution < -0.4 is 11.1 Å². The van der Waals surface area contributed by atoms with Crippen LogP contribution >= 0.6 is 15.9 Å². The fraction of sp³-hybridized carbons (Fsp3) is 0.0667. The van der Waals surface area contributed by atoms with Crippen LogP contribution in [0, 0.1) is 0 Å². The minimum absolute atomic E-state index is 0.280. The average Bonchev–Trinajstić information content (AvgIpc) is 2.48. The van der Waals surface area contributed by atoms with E-state index < -0.39 is 0 Å². The molecule has 100 valence electrons. The first-order valence-electron chi connectivity index (χ1n) is 6.22. The third kappa shape index (κ3) is 2.58. The van der Waals surface area contributed by atoms with Crippen LogP contribution in [-0.4, -0.2) is 9.97 Å². The van der Waals surface area contributed by atoms with Crippen LogP contribution in [-0.2, 0) is 6.54 Å². The van der Waals surface area contributed by atoms with Gasteiger partial charge >= 0.3 is 0 Å². The summed E-state index contributed by atoms with van der Waals surface area (Å²) in [5.74, 6) is 0.280. The van der Waals surface area contributed by atoms with Gasteiger partial charge in [0.15, 0.2) is 0 Å². The number of hydrogen-bond acceptors (Lipinski definition) is 4. The Morgan fingerprint density at radius 1 is 1.10 bits per heavy atom. The van der Waals surface area contributed by atoms with Crippen LogP contribution in [0.2, 0.25) is 0 Å². The fourth-order valence-corrected chi connectivity index (χ4v) is 2.43. The van der Waals surface area contributed by atoms with E-state index >= 15 is 0 Å². The predicted molar refractivity (Wildman–Crippen MR) is 85.4 cm³/mol. The molecule has 4 nitrogen and oxygen atoms in total. The number of halogens is 1. The van der Waals surface area contributed by atoms with E-state index in [1.807, 2.05) is 18.2 Å². The molecular formula is C15H13BrN4. The lowest BCUT2D eigenvalue weighted by molar-refractivity contribution is 1.00. The molecule has 0 unspecified atom stereocenters. The van der Waals surface area contributed by atoms with Crippen molar-refractivity contribution in [1.82, 2.24) is 9.97 Å². The Morgan fingerprint density at radius 3 is 2.80 bits per heavy atom. The molecule has 0 aliphatic rings. The van der Waals surface area contributed by atoms with E-state index in [1.54, 1.807) is 6.20 Å². The first kappa shape index (κ1) is 12.9. The minimum atomic E-state index is 0.280. The highest BCUT2D eigenvalue weighted by molar-refractivity contribution is 9.10. The number of nitrogens with zero attached hydrogens (tertiary/aromatic N) is 2. The number of nitrogens with one attached hydrogen (secondary N) is 1. The molecule has 3 aromatic rings. The van der Waals surface area contributed by atoms with Crippen LogP contribution in [0.3, 0.4) is 0 Å². The number of anilines is 2. The Morgan fingerprint density at radius 2 is 1.90 bits per heavy atom. The van der Waals surface area contributed by atoms with E-state index in [-0.39, 0.29) is 5.95 Å². The van der Waals surface area contributed by atoms with Crippen molar-refractivity contribution < 1.29 is 0 Å². The number of rotatable bonds is 3. The molecule has 0 saturated heterocycles. The quantitative estimate of drug-likeness (QED) is 0.771. The van der Waals surface area contributed by atoms with Gasteiger partial charge < -0.3 is 11.1 Å². The minimum Gasteiger partial charge on any atom is -0.379 e. The largest absolute Gasteiger partial charge is 0.379 e. The van der Waals surface area contributed by atoms with Crippen molar-refractivity contribution in [2.45, 2.75) is 6.54 Å². The van der Waals surface area contributed by atoms with Gasteiger partial charge in [-0.1, -0.05) is 36.4 Å². The topological polar surface area (TPSA) is 63.8 Å². The highest BCUT2D eigenvalue weighted by Crippen LogP contribution is 2.24. The van der Waals surface area contributed by atoms with Gasteiger partial charge in [-0.15, -0.1) is 0 Å². The van der Waals surface area contributed by atoms with Crippen molar-refractivity contribution in [2.24, 2.45) is 0 Å². The second-order valence-corrected chi connectivity index (χ2v) is 5.26. The summed E-state index contributed by atoms with van der Waals surface area (Å²) >= 11 is 3.43. The Hall–Kier alpha value is -2.14. The van der Waals surface area contributed by atoms with E-state index in [4.69, 9.17) is 5.73 Å². The molecule has 3 N–H and O–H groups in total. The maximum atomic E-state index is 5.62. The monoisotopic (exact) mass is 328 g/mol. The van der Waals surface area contributed by atoms with Gasteiger partial charge in [0.05, 0.1) is 16.7 Å². The predicted octanol–water partition coefficient (Wildman–Crippen LogP) is 3.59. The van der Waals surface area contributed by atoms with Gasteiger partial charge in [-0.2, -0.15) is 0 Å². The first-order valence-corrected chi connectivity index (χ1v) is 7.02. The molecular weight excluding hydrogens is 316 g/mol. The zero-order chi connectivity index (χ0) is 13.9. The molecule has 1 aromatic heterocycles. The van der Waals surface area contributed by atoms with Crippen LogP contribution in [0.5, 0.6) is 0 Å². The summed E-state index contributed by atoms with van der Waals surface area (Å²) in [6, 6.07) is 14.5. The molecule has 0 fully saturated rings. The summed E-state index contributed by atoms with van der Waals surface area (Å²) in [4.78, 5) is 8.16. The summed E-state index contributed by atoms with van der Waals surface area (Å²) < 4.78 is 0.847. The lowest BCUT2D eigenvalue weighted by Gasteiger charge is -2.10. The number of fused-ring (bicyclic) bond motifs is 1. The van der Waals surface area contributed by atoms with Crippen LogP contribution in [0.1, 0.15) is 5.69 Å². The smallest absolute Gasteiger partial charge is 0.220 e. The van der Waals surface area contributed by atoms with Crippen molar-refractivity contribution in [1.29, 1.82) is 0 Å². The van der Waals surface area contributed by atoms with E-state index in [0.717, 1.165) is 15.9 Å². The molecule has 0 aliphatic heterocycles. The molecule has 3 rings (SSSR count). The standard InChI is InChI=1S/C15H13BrN4/c16-12-8-19-15(17)20-14(12)9-18-13-7-3-5-10-4-1-2-6-11(10)13/h1-8,18H,9H2,(H2,17,19,20). The maximum Gasteiger partial charge on any atom is 0.220 e. The molecule has 20 heavy (non-hydrogen) atoms. The van der Waals surface area contributed by atoms with Crippen LogP contribution in [0.15, 0.2) is 53.1 Å². The summed E-state index contributed by atoms with van der Waals surface area (Å²) in [6.45, 7) is 0.585. The normalized spacial score (nSPS) is 10.7. The lowest BCUT2D eigenvalue weighted by atomic mass is 10.1. The highest BCUT2D eigenvalue weighted by atomic mass is 79.9. The number of hydrogen-bond donors (Lipinski definition) is 2. The summed E-state index contributed by atoms with van der Waals surface area (Å²) in [6.07, 6.45) is 1.67. The third-order valence-corrected chi connectivity index (χ3v) is 3.73. The summed E-state index contributed by atoms with van der Waals surface area (Å²) in [5.41, 5.74) is 7.53. The van der Waals surface area contributed by atoms with Crippen LogP contribution in [0.25, 0.3) is 10.8 Å². The highest BCUT2D eigenvalue weighted by Gasteiger charge is 2.05. The number of benzene rings is 2. The summed E-state index contributed by atoms with van der Waals surface area (Å²) in [7, 11) is 0. The second kappa shape index (κ2) is 5.46. The first-order chi connectivity index (χ1) is 9.74. The fourth-order valence-electron chi connectivity index (χ4n) is 2.10. The van der Waals surface area contributed by atoms with Crippen LogP contribution in [0.4, 0.5) is 11.6 Å². The maximum absolute atomic E-state index is 5.62. The zero-order valence-electron chi connectivity index (χ0n) is 10.7. The van der Waals surface area contributed by atoms with Gasteiger partial charge in [-0.25, -0.2) is 9.97 Å². The van der Waals surface area contributed by atoms with Crippen molar-refractivity contribution in [3.63, 3.8) is 0 Å². The Labute approximate surface area is 125 Å². The van der Waals surface area contributed by atoms with Crippen molar-refractivity contribution in [3.8, 4) is 0 Å². The lowest BCUT2D eigenvalue weighted by Crippen LogP contribution is -2.06. The molecule has 0 saturated carbocycles. The zero-order valence-corrected chi connectivity index (χ0v) is 12.3. The van der Waals surface area contributed by atoms with Gasteiger partial charge in [-0.3, -0.25) is 0 Å². The summed E-state index contributed by atoms with van der Waals surface area (Å²) in [5, 5.41) is 5.79. The van der Waals surface area contributed by atoms with Gasteiger partial charge in [0.2, 0.25) is 5.95 Å². The van der Waals surface area contributed by atoms with Gasteiger partial charge in [0.25, 0.3) is 0 Å². The van der Waals surface area contributed by atoms with E-state index in [9.17, 15) is 0 Å². The molecule has 0 spiro atoms. The van der Waals surface area contributed by atoms with Gasteiger partial charge in [0, 0.05) is 17.3 Å². The van der Waals surface area contributed by atoms with E-state index in [1.165, 1.54) is 10.8 Å². The third-order valence-electron chi connectivity index (χ3n) is 3.07. The van der Waals surface area contributed by atoms with Crippen molar-refractivity contribution >= 4 is 38.3 Å². The molecule has 0 amide bonds. The average molecular weight is 329 g/mol. The Kier molecular flexibility index (Phi) is 3.52. The Bertz CT molecular complexity index is 752. The van der Waals surface area contributed by atoms with Crippen molar-refractivity contribution in [3.05, 3.63) is 58.8 Å². The number of nitrogens with two attached hydrogens (primary N) is 1. The van der Waals surface area contributed by atoms with E-state index in [2.05, 4.69) is 55.5 Å². The molecule has 0 aliphatic carbocycles. The SMILES string of the molecule is Nc1ncc(Br)c(CNc2cccc3ccccc23)n1. The molecule has 0 bridgehead atoms. The molecule has 5 heteroatoms. The number of aromatic nitrogens is 2. The van der Waals surface area contributed by atoms with Gasteiger partial charge in [0.1, 0.15) is 0 Å². The second-order valence-electron chi connectivity index (χ2n) is 4.40. The van der Waals surface area contributed by atoms with Gasteiger partial charge in [-0.05, 0) is 27.4 Å². The molecule has 1 heterocycles. The van der Waals surface area contributed by atoms with E-state index in [0.29, 0.717) is 6.54 Å². The Balaban J connectivity index is 1.89. The molecule has 2 aromatic carbocycles.